The lowest BCUT2D eigenvalue weighted by Crippen LogP contribution is -2.41. The molecule has 1 aliphatic rings. The largest absolute Gasteiger partial charge is 0.481 e. The van der Waals surface area contributed by atoms with Crippen LogP contribution in [-0.4, -0.2) is 42.8 Å². The van der Waals surface area contributed by atoms with Gasteiger partial charge in [0.1, 0.15) is 12.1 Å². The summed E-state index contributed by atoms with van der Waals surface area (Å²) in [6.45, 7) is 9.62. The van der Waals surface area contributed by atoms with E-state index in [4.69, 9.17) is 4.74 Å². The van der Waals surface area contributed by atoms with Crippen LogP contribution in [0, 0.1) is 12.8 Å². The van der Waals surface area contributed by atoms with Crippen molar-refractivity contribution in [2.45, 2.75) is 39.7 Å². The number of rotatable bonds is 5. The number of piperidine rings is 1. The number of anilines is 1. The van der Waals surface area contributed by atoms with E-state index in [0.29, 0.717) is 17.8 Å². The zero-order chi connectivity index (χ0) is 14.5. The molecule has 0 saturated carbocycles. The van der Waals surface area contributed by atoms with Gasteiger partial charge in [0.05, 0.1) is 12.7 Å². The number of aromatic nitrogens is 2. The van der Waals surface area contributed by atoms with E-state index in [0.717, 1.165) is 31.0 Å². The maximum absolute atomic E-state index is 5.29. The minimum Gasteiger partial charge on any atom is -0.481 e. The smallest absolute Gasteiger partial charge is 0.221 e. The number of methoxy groups -OCH3 is 1. The summed E-state index contributed by atoms with van der Waals surface area (Å²) in [6, 6.07) is 0.547. The van der Waals surface area contributed by atoms with Crippen molar-refractivity contribution in [3.8, 4) is 5.88 Å². The summed E-state index contributed by atoms with van der Waals surface area (Å²) in [5, 5.41) is 3.54. The quantitative estimate of drug-likeness (QED) is 0.893. The number of nitrogens with zero attached hydrogens (tertiary/aromatic N) is 3. The lowest BCUT2D eigenvalue weighted by atomic mass is 9.97. The first-order valence-corrected chi connectivity index (χ1v) is 7.45. The van der Waals surface area contributed by atoms with Gasteiger partial charge in [0.25, 0.3) is 0 Å². The summed E-state index contributed by atoms with van der Waals surface area (Å²) in [7, 11) is 1.66. The highest BCUT2D eigenvalue weighted by Gasteiger charge is 2.23. The Morgan fingerprint density at radius 3 is 2.95 bits per heavy atom. The van der Waals surface area contributed by atoms with Crippen LogP contribution in [-0.2, 0) is 0 Å². The third kappa shape index (κ3) is 3.60. The molecule has 2 heterocycles. The van der Waals surface area contributed by atoms with Crippen molar-refractivity contribution < 1.29 is 4.74 Å². The number of nitrogens with one attached hydrogen (secondary N) is 1. The van der Waals surface area contributed by atoms with Crippen LogP contribution in [0.1, 0.15) is 32.3 Å². The minimum atomic E-state index is 0.547. The maximum atomic E-state index is 5.29. The Hall–Kier alpha value is -1.36. The second kappa shape index (κ2) is 6.88. The molecule has 0 bridgehead atoms. The molecule has 1 saturated heterocycles. The Morgan fingerprint density at radius 1 is 1.45 bits per heavy atom. The molecular weight excluding hydrogens is 252 g/mol. The molecule has 1 atom stereocenters. The molecule has 0 amide bonds. The first-order chi connectivity index (χ1) is 9.61. The van der Waals surface area contributed by atoms with Gasteiger partial charge in [0.15, 0.2) is 0 Å². The molecule has 1 unspecified atom stereocenters. The molecule has 5 nitrogen and oxygen atoms in total. The van der Waals surface area contributed by atoms with Crippen molar-refractivity contribution in [2.24, 2.45) is 5.92 Å². The van der Waals surface area contributed by atoms with E-state index >= 15 is 0 Å². The highest BCUT2D eigenvalue weighted by Crippen LogP contribution is 2.27. The molecule has 0 spiro atoms. The highest BCUT2D eigenvalue weighted by molar-refractivity contribution is 5.50. The van der Waals surface area contributed by atoms with Crippen LogP contribution >= 0.6 is 0 Å². The third-order valence-corrected chi connectivity index (χ3v) is 3.84. The normalized spacial score (nSPS) is 19.4. The van der Waals surface area contributed by atoms with E-state index in [1.807, 2.05) is 6.92 Å². The summed E-state index contributed by atoms with van der Waals surface area (Å²) in [6.07, 6.45) is 4.10. The Balaban J connectivity index is 2.05. The van der Waals surface area contributed by atoms with E-state index in [9.17, 15) is 0 Å². The highest BCUT2D eigenvalue weighted by atomic mass is 16.5. The van der Waals surface area contributed by atoms with E-state index in [1.165, 1.54) is 12.8 Å². The molecule has 0 aromatic carbocycles. The van der Waals surface area contributed by atoms with Crippen LogP contribution in [0.5, 0.6) is 5.88 Å². The van der Waals surface area contributed by atoms with Gasteiger partial charge >= 0.3 is 0 Å². The number of hydrogen-bond donors (Lipinski definition) is 1. The minimum absolute atomic E-state index is 0.547. The summed E-state index contributed by atoms with van der Waals surface area (Å²) >= 11 is 0. The molecule has 1 fully saturated rings. The van der Waals surface area contributed by atoms with Gasteiger partial charge in [-0.25, -0.2) is 9.97 Å². The van der Waals surface area contributed by atoms with Gasteiger partial charge in [-0.15, -0.1) is 0 Å². The van der Waals surface area contributed by atoms with Crippen molar-refractivity contribution in [1.29, 1.82) is 0 Å². The monoisotopic (exact) mass is 278 g/mol. The molecular formula is C15H26N4O. The lowest BCUT2D eigenvalue weighted by molar-refractivity contribution is 0.374. The third-order valence-electron chi connectivity index (χ3n) is 3.84. The van der Waals surface area contributed by atoms with Gasteiger partial charge in [-0.05, 0) is 32.2 Å². The molecule has 1 aliphatic heterocycles. The van der Waals surface area contributed by atoms with Crippen molar-refractivity contribution in [3.63, 3.8) is 0 Å². The SMILES string of the molecule is COc1ncnc(N2CCCC(CNC(C)C)C2)c1C. The summed E-state index contributed by atoms with van der Waals surface area (Å²) < 4.78 is 5.29. The first kappa shape index (κ1) is 15.0. The summed E-state index contributed by atoms with van der Waals surface area (Å²) in [5.41, 5.74) is 1.03. The fourth-order valence-electron chi connectivity index (χ4n) is 2.78. The van der Waals surface area contributed by atoms with Crippen molar-refractivity contribution in [3.05, 3.63) is 11.9 Å². The molecule has 1 N–H and O–H groups in total. The average Bonchev–Trinajstić information content (AvgIpc) is 2.45. The summed E-state index contributed by atoms with van der Waals surface area (Å²) in [4.78, 5) is 11.0. The fraction of sp³-hybridized carbons (Fsp3) is 0.733. The van der Waals surface area contributed by atoms with Crippen LogP contribution in [0.25, 0.3) is 0 Å². The molecule has 1 aromatic rings. The Labute approximate surface area is 121 Å². The molecule has 0 aliphatic carbocycles. The number of ether oxygens (including phenoxy) is 1. The molecule has 5 heteroatoms. The lowest BCUT2D eigenvalue weighted by Gasteiger charge is -2.34. The zero-order valence-electron chi connectivity index (χ0n) is 13.0. The average molecular weight is 278 g/mol. The second-order valence-electron chi connectivity index (χ2n) is 5.85. The maximum Gasteiger partial charge on any atom is 0.221 e. The molecule has 1 aromatic heterocycles. The predicted molar refractivity (Wildman–Crippen MR) is 81.4 cm³/mol. The first-order valence-electron chi connectivity index (χ1n) is 7.45. The Bertz CT molecular complexity index is 436. The van der Waals surface area contributed by atoms with Crippen molar-refractivity contribution in [1.82, 2.24) is 15.3 Å². The van der Waals surface area contributed by atoms with E-state index < -0.39 is 0 Å². The second-order valence-corrected chi connectivity index (χ2v) is 5.85. The number of hydrogen-bond acceptors (Lipinski definition) is 5. The predicted octanol–water partition coefficient (Wildman–Crippen LogP) is 2.01. The van der Waals surface area contributed by atoms with E-state index in [1.54, 1.807) is 13.4 Å². The molecule has 20 heavy (non-hydrogen) atoms. The van der Waals surface area contributed by atoms with Crippen LogP contribution in [0.4, 0.5) is 5.82 Å². The molecule has 0 radical (unpaired) electrons. The van der Waals surface area contributed by atoms with Crippen molar-refractivity contribution in [2.75, 3.05) is 31.6 Å². The standard InChI is InChI=1S/C15H26N4O/c1-11(2)16-8-13-6-5-7-19(9-13)14-12(3)15(20-4)18-10-17-14/h10-11,13,16H,5-9H2,1-4H3. The Morgan fingerprint density at radius 2 is 2.25 bits per heavy atom. The van der Waals surface area contributed by atoms with Gasteiger partial charge in [-0.2, -0.15) is 0 Å². The Kier molecular flexibility index (Phi) is 5.17. The van der Waals surface area contributed by atoms with Crippen LogP contribution in [0.2, 0.25) is 0 Å². The van der Waals surface area contributed by atoms with Gasteiger partial charge < -0.3 is 15.0 Å². The summed E-state index contributed by atoms with van der Waals surface area (Å²) in [5.74, 6) is 2.38. The fourth-order valence-corrected chi connectivity index (χ4v) is 2.78. The zero-order valence-corrected chi connectivity index (χ0v) is 13.0. The van der Waals surface area contributed by atoms with E-state index in [-0.39, 0.29) is 0 Å². The van der Waals surface area contributed by atoms with Gasteiger partial charge in [-0.1, -0.05) is 13.8 Å². The molecule has 112 valence electrons. The van der Waals surface area contributed by atoms with Crippen LogP contribution in [0.15, 0.2) is 6.33 Å². The molecule has 2 rings (SSSR count). The van der Waals surface area contributed by atoms with Gasteiger partial charge in [-0.3, -0.25) is 0 Å². The van der Waals surface area contributed by atoms with Crippen LogP contribution in [0.3, 0.4) is 0 Å². The van der Waals surface area contributed by atoms with Crippen LogP contribution < -0.4 is 15.0 Å². The van der Waals surface area contributed by atoms with Gasteiger partial charge in [0.2, 0.25) is 5.88 Å². The van der Waals surface area contributed by atoms with Gasteiger partial charge in [0, 0.05) is 19.1 Å². The van der Waals surface area contributed by atoms with E-state index in [2.05, 4.69) is 34.0 Å². The van der Waals surface area contributed by atoms with Crippen molar-refractivity contribution >= 4 is 5.82 Å². The topological polar surface area (TPSA) is 50.3 Å².